The van der Waals surface area contributed by atoms with Gasteiger partial charge in [-0.3, -0.25) is 9.59 Å². The first-order valence-electron chi connectivity index (χ1n) is 8.91. The highest BCUT2D eigenvalue weighted by Crippen LogP contribution is 2.20. The lowest BCUT2D eigenvalue weighted by molar-refractivity contribution is -0.136. The van der Waals surface area contributed by atoms with Gasteiger partial charge < -0.3 is 15.0 Å². The lowest BCUT2D eigenvalue weighted by atomic mass is 9.96. The molecule has 7 heteroatoms. The number of hydrogen-bond donors (Lipinski definition) is 1. The molecule has 1 saturated heterocycles. The molecule has 1 aliphatic rings. The Kier molecular flexibility index (Phi) is 6.29. The molecule has 0 atom stereocenters. The molecule has 2 amide bonds. The van der Waals surface area contributed by atoms with Crippen LogP contribution in [-0.2, 0) is 9.59 Å². The van der Waals surface area contributed by atoms with Crippen molar-refractivity contribution >= 4 is 29.2 Å². The number of amides is 2. The highest BCUT2D eigenvalue weighted by Gasteiger charge is 2.27. The number of halogens is 1. The number of aromatic nitrogens is 1. The average Bonchev–Trinajstić information content (AvgIpc) is 2.66. The van der Waals surface area contributed by atoms with Crippen LogP contribution >= 0.6 is 11.6 Å². The van der Waals surface area contributed by atoms with E-state index in [1.165, 1.54) is 0 Å². The standard InChI is InChI=1S/C20H22ClN3O3/c1-14-5-8-22-18(11-14)23-20(26)15-6-9-24(10-7-15)19(25)13-27-17-4-2-3-16(21)12-17/h2-5,8,11-12,15H,6-7,9-10,13H2,1H3,(H,22,23,26). The van der Waals surface area contributed by atoms with Crippen LogP contribution in [0.3, 0.4) is 0 Å². The van der Waals surface area contributed by atoms with Crippen LogP contribution in [0.1, 0.15) is 18.4 Å². The van der Waals surface area contributed by atoms with Crippen molar-refractivity contribution in [2.45, 2.75) is 19.8 Å². The zero-order valence-electron chi connectivity index (χ0n) is 15.2. The first-order chi connectivity index (χ1) is 13.0. The van der Waals surface area contributed by atoms with Gasteiger partial charge in [0.25, 0.3) is 5.91 Å². The molecule has 142 valence electrons. The van der Waals surface area contributed by atoms with Crippen LogP contribution in [0, 0.1) is 12.8 Å². The van der Waals surface area contributed by atoms with Gasteiger partial charge in [0, 0.05) is 30.2 Å². The molecule has 6 nitrogen and oxygen atoms in total. The molecule has 0 unspecified atom stereocenters. The number of likely N-dealkylation sites (tertiary alicyclic amines) is 1. The lowest BCUT2D eigenvalue weighted by Crippen LogP contribution is -2.43. The Labute approximate surface area is 163 Å². The van der Waals surface area contributed by atoms with Crippen LogP contribution in [0.15, 0.2) is 42.6 Å². The van der Waals surface area contributed by atoms with Crippen molar-refractivity contribution in [2.75, 3.05) is 25.0 Å². The zero-order chi connectivity index (χ0) is 19.2. The molecular weight excluding hydrogens is 366 g/mol. The van der Waals surface area contributed by atoms with E-state index in [1.54, 1.807) is 35.4 Å². The third-order valence-corrected chi connectivity index (χ3v) is 4.78. The van der Waals surface area contributed by atoms with Crippen LogP contribution in [0.5, 0.6) is 5.75 Å². The summed E-state index contributed by atoms with van der Waals surface area (Å²) in [7, 11) is 0. The number of nitrogens with one attached hydrogen (secondary N) is 1. The fourth-order valence-corrected chi connectivity index (χ4v) is 3.20. The second kappa shape index (κ2) is 8.86. The van der Waals surface area contributed by atoms with Crippen LogP contribution < -0.4 is 10.1 Å². The molecule has 27 heavy (non-hydrogen) atoms. The van der Waals surface area contributed by atoms with Crippen LogP contribution in [0.25, 0.3) is 0 Å². The molecule has 1 N–H and O–H groups in total. The highest BCUT2D eigenvalue weighted by atomic mass is 35.5. The SMILES string of the molecule is Cc1ccnc(NC(=O)C2CCN(C(=O)COc3cccc(Cl)c3)CC2)c1. The Morgan fingerprint density at radius 1 is 1.26 bits per heavy atom. The van der Waals surface area contributed by atoms with Crippen molar-refractivity contribution in [3.05, 3.63) is 53.2 Å². The van der Waals surface area contributed by atoms with Gasteiger partial charge in [0.15, 0.2) is 6.61 Å². The van der Waals surface area contributed by atoms with Gasteiger partial charge in [-0.25, -0.2) is 4.98 Å². The number of aryl methyl sites for hydroxylation is 1. The van der Waals surface area contributed by atoms with Crippen LogP contribution in [-0.4, -0.2) is 41.4 Å². The fourth-order valence-electron chi connectivity index (χ4n) is 3.02. The number of ether oxygens (including phenoxy) is 1. The molecular formula is C20H22ClN3O3. The number of carbonyl (C=O) groups excluding carboxylic acids is 2. The topological polar surface area (TPSA) is 71.5 Å². The summed E-state index contributed by atoms with van der Waals surface area (Å²) >= 11 is 5.90. The van der Waals surface area contributed by atoms with E-state index in [1.807, 2.05) is 19.1 Å². The van der Waals surface area contributed by atoms with E-state index < -0.39 is 0 Å². The van der Waals surface area contributed by atoms with Crippen molar-refractivity contribution in [1.29, 1.82) is 0 Å². The third-order valence-electron chi connectivity index (χ3n) is 4.54. The molecule has 3 rings (SSSR count). The Morgan fingerprint density at radius 3 is 2.74 bits per heavy atom. The molecule has 2 aromatic rings. The third kappa shape index (κ3) is 5.44. The van der Waals surface area contributed by atoms with Gasteiger partial charge in [-0.05, 0) is 55.7 Å². The number of nitrogens with zero attached hydrogens (tertiary/aromatic N) is 2. The monoisotopic (exact) mass is 387 g/mol. The first-order valence-corrected chi connectivity index (χ1v) is 9.29. The van der Waals surface area contributed by atoms with Gasteiger partial charge in [0.2, 0.25) is 5.91 Å². The van der Waals surface area contributed by atoms with E-state index in [9.17, 15) is 9.59 Å². The largest absolute Gasteiger partial charge is 0.484 e. The average molecular weight is 388 g/mol. The summed E-state index contributed by atoms with van der Waals surface area (Å²) in [5, 5.41) is 3.42. The van der Waals surface area contributed by atoms with Crippen LogP contribution in [0.4, 0.5) is 5.82 Å². The Balaban J connectivity index is 1.45. The molecule has 1 aromatic carbocycles. The molecule has 1 fully saturated rings. The minimum atomic E-state index is -0.120. The van der Waals surface area contributed by atoms with Gasteiger partial charge >= 0.3 is 0 Å². The molecule has 0 radical (unpaired) electrons. The maximum Gasteiger partial charge on any atom is 0.260 e. The molecule has 0 aliphatic carbocycles. The predicted octanol–water partition coefficient (Wildman–Crippen LogP) is 3.30. The van der Waals surface area contributed by atoms with Crippen LogP contribution in [0.2, 0.25) is 5.02 Å². The molecule has 2 heterocycles. The number of carbonyl (C=O) groups is 2. The molecule has 1 aromatic heterocycles. The Morgan fingerprint density at radius 2 is 2.04 bits per heavy atom. The summed E-state index contributed by atoms with van der Waals surface area (Å²) in [5.41, 5.74) is 1.04. The van der Waals surface area contributed by atoms with E-state index >= 15 is 0 Å². The van der Waals surface area contributed by atoms with Gasteiger partial charge in [0.05, 0.1) is 0 Å². The number of piperidine rings is 1. The lowest BCUT2D eigenvalue weighted by Gasteiger charge is -2.31. The second-order valence-corrected chi connectivity index (χ2v) is 7.05. The van der Waals surface area contributed by atoms with Gasteiger partial charge in [0.1, 0.15) is 11.6 Å². The number of pyridine rings is 1. The summed E-state index contributed by atoms with van der Waals surface area (Å²) in [5.74, 6) is 0.874. The maximum absolute atomic E-state index is 12.4. The summed E-state index contributed by atoms with van der Waals surface area (Å²) < 4.78 is 5.50. The normalized spacial score (nSPS) is 14.7. The van der Waals surface area contributed by atoms with E-state index in [0.29, 0.717) is 42.5 Å². The number of hydrogen-bond acceptors (Lipinski definition) is 4. The zero-order valence-corrected chi connectivity index (χ0v) is 15.9. The van der Waals surface area contributed by atoms with E-state index in [-0.39, 0.29) is 24.3 Å². The maximum atomic E-state index is 12.4. The van der Waals surface area contributed by atoms with Crippen molar-refractivity contribution in [2.24, 2.45) is 5.92 Å². The minimum absolute atomic E-state index is 0.0373. The Bertz CT molecular complexity index is 820. The van der Waals surface area contributed by atoms with E-state index in [0.717, 1.165) is 5.56 Å². The van der Waals surface area contributed by atoms with Gasteiger partial charge in [-0.1, -0.05) is 17.7 Å². The second-order valence-electron chi connectivity index (χ2n) is 6.61. The molecule has 0 bridgehead atoms. The van der Waals surface area contributed by atoms with Crippen molar-refractivity contribution < 1.29 is 14.3 Å². The van der Waals surface area contributed by atoms with E-state index in [2.05, 4.69) is 10.3 Å². The smallest absolute Gasteiger partial charge is 0.260 e. The number of benzene rings is 1. The first kappa shape index (κ1) is 19.2. The van der Waals surface area contributed by atoms with Crippen molar-refractivity contribution in [3.8, 4) is 5.75 Å². The Hall–Kier alpha value is -2.60. The molecule has 0 spiro atoms. The molecule has 0 saturated carbocycles. The number of rotatable bonds is 5. The highest BCUT2D eigenvalue weighted by molar-refractivity contribution is 6.30. The van der Waals surface area contributed by atoms with Gasteiger partial charge in [-0.2, -0.15) is 0 Å². The van der Waals surface area contributed by atoms with E-state index in [4.69, 9.17) is 16.3 Å². The fraction of sp³-hybridized carbons (Fsp3) is 0.350. The van der Waals surface area contributed by atoms with Crippen molar-refractivity contribution in [3.63, 3.8) is 0 Å². The number of anilines is 1. The summed E-state index contributed by atoms with van der Waals surface area (Å²) in [6, 6.07) is 10.7. The minimum Gasteiger partial charge on any atom is -0.484 e. The summed E-state index contributed by atoms with van der Waals surface area (Å²) in [4.78, 5) is 30.6. The predicted molar refractivity (Wildman–Crippen MR) is 104 cm³/mol. The van der Waals surface area contributed by atoms with Gasteiger partial charge in [-0.15, -0.1) is 0 Å². The summed E-state index contributed by atoms with van der Waals surface area (Å²) in [6.45, 7) is 2.99. The van der Waals surface area contributed by atoms with Crippen molar-refractivity contribution in [1.82, 2.24) is 9.88 Å². The molecule has 1 aliphatic heterocycles. The quantitative estimate of drug-likeness (QED) is 0.854. The summed E-state index contributed by atoms with van der Waals surface area (Å²) in [6.07, 6.45) is 2.92.